The molecule has 21 heavy (non-hydrogen) atoms. The Balaban J connectivity index is 1.96. The van der Waals surface area contributed by atoms with Gasteiger partial charge in [-0.05, 0) is 44.4 Å². The maximum atomic E-state index is 12.1. The molecule has 0 aliphatic rings. The molecule has 0 spiro atoms. The first kappa shape index (κ1) is 15.3. The lowest BCUT2D eigenvalue weighted by Crippen LogP contribution is -2.30. The maximum absolute atomic E-state index is 12.1. The molecule has 4 heteroatoms. The van der Waals surface area contributed by atoms with Crippen LogP contribution in [0.4, 0.5) is 0 Å². The van der Waals surface area contributed by atoms with Gasteiger partial charge in [-0.2, -0.15) is 5.10 Å². The number of hydrogen-bond donors (Lipinski definition) is 1. The second kappa shape index (κ2) is 6.57. The number of aryl methyl sites for hydroxylation is 3. The van der Waals surface area contributed by atoms with E-state index in [0.29, 0.717) is 0 Å². The number of carbonyl (C=O) groups is 1. The van der Waals surface area contributed by atoms with Crippen molar-refractivity contribution in [2.45, 2.75) is 46.7 Å². The van der Waals surface area contributed by atoms with Crippen molar-refractivity contribution in [1.29, 1.82) is 0 Å². The number of benzene rings is 1. The third-order valence-corrected chi connectivity index (χ3v) is 3.66. The molecule has 0 fully saturated rings. The quantitative estimate of drug-likeness (QED) is 0.918. The molecule has 0 bridgehead atoms. The van der Waals surface area contributed by atoms with Gasteiger partial charge in [0.2, 0.25) is 5.91 Å². The van der Waals surface area contributed by atoms with Gasteiger partial charge >= 0.3 is 0 Å². The Bertz CT molecular complexity index is 613. The van der Waals surface area contributed by atoms with E-state index >= 15 is 0 Å². The van der Waals surface area contributed by atoms with Gasteiger partial charge in [0, 0.05) is 5.69 Å². The molecule has 1 N–H and O–H groups in total. The SMILES string of the molecule is CCc1ccc(C(C)NC(=O)Cn2nc(C)cc2C)cc1. The zero-order chi connectivity index (χ0) is 15.4. The van der Waals surface area contributed by atoms with E-state index < -0.39 is 0 Å². The third kappa shape index (κ3) is 3.94. The minimum atomic E-state index is -0.0201. The van der Waals surface area contributed by atoms with E-state index in [2.05, 4.69) is 41.6 Å². The van der Waals surface area contributed by atoms with E-state index in [1.807, 2.05) is 26.8 Å². The Morgan fingerprint density at radius 1 is 1.29 bits per heavy atom. The van der Waals surface area contributed by atoms with Crippen molar-refractivity contribution in [3.05, 3.63) is 52.8 Å². The van der Waals surface area contributed by atoms with E-state index in [9.17, 15) is 4.79 Å². The van der Waals surface area contributed by atoms with E-state index in [-0.39, 0.29) is 18.5 Å². The van der Waals surface area contributed by atoms with Gasteiger partial charge in [-0.25, -0.2) is 0 Å². The second-order valence-corrected chi connectivity index (χ2v) is 5.47. The number of carbonyl (C=O) groups excluding carboxylic acids is 1. The van der Waals surface area contributed by atoms with Gasteiger partial charge in [0.15, 0.2) is 0 Å². The molecule has 1 unspecified atom stereocenters. The first-order valence-electron chi connectivity index (χ1n) is 7.39. The minimum Gasteiger partial charge on any atom is -0.348 e. The molecule has 1 heterocycles. The highest BCUT2D eigenvalue weighted by Gasteiger charge is 2.11. The van der Waals surface area contributed by atoms with E-state index in [1.165, 1.54) is 5.56 Å². The molecule has 0 saturated carbocycles. The summed E-state index contributed by atoms with van der Waals surface area (Å²) < 4.78 is 1.73. The smallest absolute Gasteiger partial charge is 0.242 e. The fraction of sp³-hybridized carbons (Fsp3) is 0.412. The Hall–Kier alpha value is -2.10. The molecule has 1 amide bonds. The summed E-state index contributed by atoms with van der Waals surface area (Å²) in [5.74, 6) is -0.0201. The molecule has 112 valence electrons. The van der Waals surface area contributed by atoms with Crippen LogP contribution in [0, 0.1) is 13.8 Å². The first-order chi connectivity index (χ1) is 9.99. The summed E-state index contributed by atoms with van der Waals surface area (Å²) >= 11 is 0. The number of nitrogens with one attached hydrogen (secondary N) is 1. The van der Waals surface area contributed by atoms with Crippen molar-refractivity contribution >= 4 is 5.91 Å². The number of rotatable bonds is 5. The summed E-state index contributed by atoms with van der Waals surface area (Å²) in [6, 6.07) is 10.3. The molecular formula is C17H23N3O. The summed E-state index contributed by atoms with van der Waals surface area (Å²) in [5, 5.41) is 7.33. The predicted octanol–water partition coefficient (Wildman–Crippen LogP) is 2.94. The molecule has 2 aromatic rings. The van der Waals surface area contributed by atoms with Crippen molar-refractivity contribution in [3.8, 4) is 0 Å². The minimum absolute atomic E-state index is 0.000344. The molecule has 0 saturated heterocycles. The molecular weight excluding hydrogens is 262 g/mol. The monoisotopic (exact) mass is 285 g/mol. The van der Waals surface area contributed by atoms with E-state index in [4.69, 9.17) is 0 Å². The number of hydrogen-bond acceptors (Lipinski definition) is 2. The second-order valence-electron chi connectivity index (χ2n) is 5.47. The Morgan fingerprint density at radius 2 is 1.95 bits per heavy atom. The summed E-state index contributed by atoms with van der Waals surface area (Å²) in [6.45, 7) is 8.28. The summed E-state index contributed by atoms with van der Waals surface area (Å²) in [5.41, 5.74) is 4.36. The van der Waals surface area contributed by atoms with E-state index in [1.54, 1.807) is 4.68 Å². The number of aromatic nitrogens is 2. The van der Waals surface area contributed by atoms with Crippen molar-refractivity contribution in [3.63, 3.8) is 0 Å². The van der Waals surface area contributed by atoms with Crippen LogP contribution in [0.25, 0.3) is 0 Å². The highest BCUT2D eigenvalue weighted by atomic mass is 16.2. The van der Waals surface area contributed by atoms with Crippen molar-refractivity contribution in [2.75, 3.05) is 0 Å². The van der Waals surface area contributed by atoms with Gasteiger partial charge in [-0.3, -0.25) is 9.48 Å². The van der Waals surface area contributed by atoms with Crippen molar-refractivity contribution in [1.82, 2.24) is 15.1 Å². The first-order valence-corrected chi connectivity index (χ1v) is 7.39. The standard InChI is InChI=1S/C17H23N3O/c1-5-15-6-8-16(9-7-15)14(4)18-17(21)11-20-13(3)10-12(2)19-20/h6-10,14H,5,11H2,1-4H3,(H,18,21). The highest BCUT2D eigenvalue weighted by Crippen LogP contribution is 2.14. The average Bonchev–Trinajstić information content (AvgIpc) is 2.76. The lowest BCUT2D eigenvalue weighted by molar-refractivity contribution is -0.122. The summed E-state index contributed by atoms with van der Waals surface area (Å²) in [4.78, 5) is 12.1. The zero-order valence-electron chi connectivity index (χ0n) is 13.2. The highest BCUT2D eigenvalue weighted by molar-refractivity contribution is 5.76. The van der Waals surface area contributed by atoms with Crippen LogP contribution in [0.3, 0.4) is 0 Å². The van der Waals surface area contributed by atoms with Crippen molar-refractivity contribution in [2.24, 2.45) is 0 Å². The largest absolute Gasteiger partial charge is 0.348 e. The topological polar surface area (TPSA) is 46.9 Å². The van der Waals surface area contributed by atoms with Crippen LogP contribution in [0.1, 0.15) is 42.4 Å². The fourth-order valence-electron chi connectivity index (χ4n) is 2.38. The fourth-order valence-corrected chi connectivity index (χ4v) is 2.38. The van der Waals surface area contributed by atoms with Gasteiger partial charge in [0.1, 0.15) is 6.54 Å². The molecule has 4 nitrogen and oxygen atoms in total. The Morgan fingerprint density at radius 3 is 2.48 bits per heavy atom. The predicted molar refractivity (Wildman–Crippen MR) is 84.1 cm³/mol. The molecule has 0 aliphatic heterocycles. The van der Waals surface area contributed by atoms with Crippen LogP contribution in [0.15, 0.2) is 30.3 Å². The number of amides is 1. The Labute approximate surface area is 126 Å². The lowest BCUT2D eigenvalue weighted by Gasteiger charge is -2.15. The molecule has 1 aromatic heterocycles. The normalized spacial score (nSPS) is 12.2. The van der Waals surface area contributed by atoms with Gasteiger partial charge < -0.3 is 5.32 Å². The third-order valence-electron chi connectivity index (χ3n) is 3.66. The molecule has 1 aromatic carbocycles. The zero-order valence-corrected chi connectivity index (χ0v) is 13.2. The molecule has 2 rings (SSSR count). The molecule has 0 radical (unpaired) electrons. The van der Waals surface area contributed by atoms with Gasteiger partial charge in [0.05, 0.1) is 11.7 Å². The lowest BCUT2D eigenvalue weighted by atomic mass is 10.1. The maximum Gasteiger partial charge on any atom is 0.242 e. The molecule has 0 aliphatic carbocycles. The number of nitrogens with zero attached hydrogens (tertiary/aromatic N) is 2. The van der Waals surface area contributed by atoms with Gasteiger partial charge in [-0.1, -0.05) is 31.2 Å². The average molecular weight is 285 g/mol. The van der Waals surface area contributed by atoms with Gasteiger partial charge in [0.25, 0.3) is 0 Å². The van der Waals surface area contributed by atoms with Crippen LogP contribution >= 0.6 is 0 Å². The summed E-state index contributed by atoms with van der Waals surface area (Å²) in [7, 11) is 0. The van der Waals surface area contributed by atoms with Crippen molar-refractivity contribution < 1.29 is 4.79 Å². The Kier molecular flexibility index (Phi) is 4.78. The molecule has 1 atom stereocenters. The van der Waals surface area contributed by atoms with Crippen LogP contribution in [0.5, 0.6) is 0 Å². The van der Waals surface area contributed by atoms with Crippen LogP contribution in [-0.2, 0) is 17.8 Å². The van der Waals surface area contributed by atoms with Crippen LogP contribution in [-0.4, -0.2) is 15.7 Å². The van der Waals surface area contributed by atoms with Crippen LogP contribution < -0.4 is 5.32 Å². The van der Waals surface area contributed by atoms with Crippen LogP contribution in [0.2, 0.25) is 0 Å². The van der Waals surface area contributed by atoms with E-state index in [0.717, 1.165) is 23.4 Å². The van der Waals surface area contributed by atoms with Gasteiger partial charge in [-0.15, -0.1) is 0 Å². The summed E-state index contributed by atoms with van der Waals surface area (Å²) in [6.07, 6.45) is 1.03.